The van der Waals surface area contributed by atoms with Gasteiger partial charge in [0, 0.05) is 16.9 Å². The molecule has 3 aromatic rings. The summed E-state index contributed by atoms with van der Waals surface area (Å²) in [4.78, 5) is 18.7. The van der Waals surface area contributed by atoms with Crippen molar-refractivity contribution < 1.29 is 4.74 Å². The first kappa shape index (κ1) is 18.7. The lowest BCUT2D eigenvalue weighted by molar-refractivity contribution is -0.0383. The molecule has 0 bridgehead atoms. The minimum Gasteiger partial charge on any atom is -0.370 e. The Morgan fingerprint density at radius 3 is 2.81 bits per heavy atom. The van der Waals surface area contributed by atoms with Crippen molar-refractivity contribution in [3.63, 3.8) is 0 Å². The van der Waals surface area contributed by atoms with Crippen LogP contribution in [0.2, 0.25) is 0 Å². The second-order valence-electron chi connectivity index (χ2n) is 7.53. The molecule has 0 atom stereocenters. The topological polar surface area (TPSA) is 44.1 Å². The Morgan fingerprint density at radius 2 is 2.07 bits per heavy atom. The van der Waals surface area contributed by atoms with Crippen molar-refractivity contribution in [1.29, 1.82) is 0 Å². The zero-order valence-corrected chi connectivity index (χ0v) is 17.6. The fraction of sp³-hybridized carbons (Fsp3) is 0.429. The molecule has 0 aliphatic carbocycles. The van der Waals surface area contributed by atoms with Crippen LogP contribution in [0.1, 0.15) is 43.2 Å². The Labute approximate surface area is 167 Å². The lowest BCUT2D eigenvalue weighted by Gasteiger charge is -2.29. The number of aromatic nitrogens is 2. The molecule has 3 heterocycles. The summed E-state index contributed by atoms with van der Waals surface area (Å²) in [7, 11) is 0. The van der Waals surface area contributed by atoms with Gasteiger partial charge in [-0.05, 0) is 31.6 Å². The maximum atomic E-state index is 12.9. The van der Waals surface area contributed by atoms with E-state index >= 15 is 0 Å². The second kappa shape index (κ2) is 7.41. The molecule has 4 nitrogen and oxygen atoms in total. The number of fused-ring (bicyclic) bond motifs is 3. The molecule has 1 aliphatic heterocycles. The molecule has 27 heavy (non-hydrogen) atoms. The minimum absolute atomic E-state index is 0.162. The molecule has 2 aromatic heterocycles. The van der Waals surface area contributed by atoms with E-state index in [0.29, 0.717) is 13.2 Å². The summed E-state index contributed by atoms with van der Waals surface area (Å²) in [5, 5.41) is 1.05. The van der Waals surface area contributed by atoms with E-state index in [1.165, 1.54) is 4.88 Å². The predicted molar refractivity (Wildman–Crippen MR) is 113 cm³/mol. The first-order valence-electron chi connectivity index (χ1n) is 9.34. The number of rotatable bonds is 5. The highest BCUT2D eigenvalue weighted by atomic mass is 32.2. The van der Waals surface area contributed by atoms with Gasteiger partial charge in [0.2, 0.25) is 0 Å². The van der Waals surface area contributed by atoms with Crippen LogP contribution >= 0.6 is 23.1 Å². The van der Waals surface area contributed by atoms with E-state index in [1.807, 2.05) is 22.8 Å². The molecular formula is C21H24N2O2S2. The largest absolute Gasteiger partial charge is 0.370 e. The molecule has 142 valence electrons. The maximum absolute atomic E-state index is 12.9. The fourth-order valence-electron chi connectivity index (χ4n) is 3.38. The Bertz CT molecular complexity index is 1020. The Kier molecular flexibility index (Phi) is 5.14. The molecule has 4 rings (SSSR count). The quantitative estimate of drug-likeness (QED) is 0.453. The van der Waals surface area contributed by atoms with E-state index in [-0.39, 0.29) is 11.3 Å². The summed E-state index contributed by atoms with van der Waals surface area (Å²) in [5.41, 5.74) is 2.74. The van der Waals surface area contributed by atoms with Crippen LogP contribution in [0.15, 0.2) is 40.2 Å². The van der Waals surface area contributed by atoms with Crippen LogP contribution in [0.4, 0.5) is 0 Å². The average molecular weight is 401 g/mol. The summed E-state index contributed by atoms with van der Waals surface area (Å²) < 4.78 is 8.97. The van der Waals surface area contributed by atoms with E-state index in [9.17, 15) is 4.79 Å². The lowest BCUT2D eigenvalue weighted by Crippen LogP contribution is -2.31. The number of benzene rings is 1. The van der Waals surface area contributed by atoms with Gasteiger partial charge in [-0.2, -0.15) is 4.98 Å². The molecule has 0 saturated carbocycles. The third-order valence-corrected chi connectivity index (χ3v) is 7.43. The van der Waals surface area contributed by atoms with Gasteiger partial charge in [0.05, 0.1) is 34.0 Å². The Morgan fingerprint density at radius 1 is 1.30 bits per heavy atom. The van der Waals surface area contributed by atoms with Gasteiger partial charge in [0.15, 0.2) is 0 Å². The molecule has 0 radical (unpaired) electrons. The van der Waals surface area contributed by atoms with E-state index in [1.54, 1.807) is 23.1 Å². The van der Waals surface area contributed by atoms with Gasteiger partial charge >= 0.3 is 5.69 Å². The third kappa shape index (κ3) is 3.71. The van der Waals surface area contributed by atoms with Gasteiger partial charge in [-0.15, -0.1) is 23.1 Å². The fourth-order valence-corrected chi connectivity index (χ4v) is 6.01. The summed E-state index contributed by atoms with van der Waals surface area (Å²) in [6.45, 7) is 7.50. The van der Waals surface area contributed by atoms with Crippen LogP contribution in [0.5, 0.6) is 0 Å². The molecule has 0 amide bonds. The van der Waals surface area contributed by atoms with E-state index in [2.05, 4.69) is 37.9 Å². The zero-order valence-electron chi connectivity index (χ0n) is 15.9. The third-order valence-electron chi connectivity index (χ3n) is 4.76. The molecule has 0 N–H and O–H groups in total. The number of ether oxygens (including phenoxy) is 1. The standard InChI is InChI=1S/C21H24N2O2S2/c1-4-10-26-19-18-17(15-13-25-21(2,3)11-16(15)27-18)22-20(24)23(19)12-14-8-6-5-7-9-14/h5-9H,4,10-13H2,1-3H3. The highest BCUT2D eigenvalue weighted by Gasteiger charge is 2.31. The molecule has 0 spiro atoms. The van der Waals surface area contributed by atoms with Crippen LogP contribution in [-0.4, -0.2) is 20.9 Å². The Balaban J connectivity index is 1.87. The number of hydrogen-bond acceptors (Lipinski definition) is 5. The molecule has 6 heteroatoms. The van der Waals surface area contributed by atoms with Gasteiger partial charge in [0.25, 0.3) is 0 Å². The van der Waals surface area contributed by atoms with E-state index in [4.69, 9.17) is 4.74 Å². The number of nitrogens with zero attached hydrogens (tertiary/aromatic N) is 2. The summed E-state index contributed by atoms with van der Waals surface area (Å²) in [6.07, 6.45) is 1.93. The number of hydrogen-bond donors (Lipinski definition) is 0. The van der Waals surface area contributed by atoms with Crippen molar-refractivity contribution in [3.8, 4) is 0 Å². The van der Waals surface area contributed by atoms with Crippen LogP contribution in [-0.2, 0) is 24.3 Å². The summed E-state index contributed by atoms with van der Waals surface area (Å²) in [5.74, 6) is 0.984. The predicted octanol–water partition coefficient (Wildman–Crippen LogP) is 4.86. The van der Waals surface area contributed by atoms with E-state index in [0.717, 1.165) is 45.0 Å². The molecule has 1 aromatic carbocycles. The first-order chi connectivity index (χ1) is 13.0. The van der Waals surface area contributed by atoms with Gasteiger partial charge in [0.1, 0.15) is 0 Å². The maximum Gasteiger partial charge on any atom is 0.349 e. The van der Waals surface area contributed by atoms with Crippen molar-refractivity contribution >= 4 is 33.3 Å². The summed E-state index contributed by atoms with van der Waals surface area (Å²) >= 11 is 3.56. The second-order valence-corrected chi connectivity index (χ2v) is 9.72. The smallest absolute Gasteiger partial charge is 0.349 e. The minimum atomic E-state index is -0.171. The number of thiophene rings is 1. The highest BCUT2D eigenvalue weighted by Crippen LogP contribution is 2.41. The molecule has 0 saturated heterocycles. The monoisotopic (exact) mass is 400 g/mol. The van der Waals surface area contributed by atoms with Crippen molar-refractivity contribution in [2.24, 2.45) is 0 Å². The Hall–Kier alpha value is -1.63. The van der Waals surface area contributed by atoms with Crippen LogP contribution in [0.25, 0.3) is 10.2 Å². The molecule has 0 unspecified atom stereocenters. The molecule has 1 aliphatic rings. The van der Waals surface area contributed by atoms with Crippen LogP contribution in [0, 0.1) is 0 Å². The molecule has 0 fully saturated rings. The first-order valence-corrected chi connectivity index (χ1v) is 11.1. The van der Waals surface area contributed by atoms with Gasteiger partial charge in [-0.3, -0.25) is 4.57 Å². The van der Waals surface area contributed by atoms with Crippen LogP contribution in [0.3, 0.4) is 0 Å². The van der Waals surface area contributed by atoms with Crippen molar-refractivity contribution in [1.82, 2.24) is 9.55 Å². The zero-order chi connectivity index (χ0) is 19.0. The average Bonchev–Trinajstić information content (AvgIpc) is 2.98. The normalized spacial score (nSPS) is 15.8. The highest BCUT2D eigenvalue weighted by molar-refractivity contribution is 7.99. The van der Waals surface area contributed by atoms with Crippen molar-refractivity contribution in [3.05, 3.63) is 56.8 Å². The lowest BCUT2D eigenvalue weighted by atomic mass is 9.98. The van der Waals surface area contributed by atoms with Gasteiger partial charge in [-0.1, -0.05) is 37.3 Å². The van der Waals surface area contributed by atoms with Gasteiger partial charge < -0.3 is 4.74 Å². The number of thioether (sulfide) groups is 1. The van der Waals surface area contributed by atoms with Gasteiger partial charge in [-0.25, -0.2) is 4.79 Å². The van der Waals surface area contributed by atoms with Crippen LogP contribution < -0.4 is 5.69 Å². The van der Waals surface area contributed by atoms with E-state index < -0.39 is 0 Å². The SMILES string of the molecule is CCCSc1c2sc3c(c2nc(=O)n1Cc1ccccc1)COC(C)(C)C3. The van der Waals surface area contributed by atoms with Crippen molar-refractivity contribution in [2.45, 2.75) is 57.4 Å². The van der Waals surface area contributed by atoms with Crippen molar-refractivity contribution in [2.75, 3.05) is 5.75 Å². The molecular weight excluding hydrogens is 376 g/mol. The summed E-state index contributed by atoms with van der Waals surface area (Å²) in [6, 6.07) is 10.1.